The molecule has 0 aliphatic heterocycles. The first kappa shape index (κ1) is 52.6. The first-order valence-corrected chi connectivity index (χ1v) is 23.1. The molecule has 3 unspecified atom stereocenters. The van der Waals surface area contributed by atoms with Gasteiger partial charge in [0, 0.05) is 6.42 Å². The molecule has 0 aromatic rings. The number of hydrogen-bond acceptors (Lipinski definition) is 5. The van der Waals surface area contributed by atoms with E-state index in [1.165, 1.54) is 109 Å². The van der Waals surface area contributed by atoms with Gasteiger partial charge in [-0.15, -0.1) is 0 Å². The van der Waals surface area contributed by atoms with Crippen molar-refractivity contribution < 1.29 is 24.5 Å². The standard InChI is InChI=1S/C49H87NO5/c1-4-7-10-13-16-18-20-22-23-24-26-27-29-32-35-38-41-47(52)46(44-51)50-48(53)43-45(40-37-34-31-15-12-9-6-3)55-49(54)42-39-36-33-30-28-25-21-19-17-14-11-8-5-2/h8,11,14,17,19,21,25,28,30,33,45-47,51-52H,4-7,9-10,12-13,15-16,18,20,22-24,26-27,29,31-32,34-44H2,1-3H3,(H,50,53)/b11-8+,17-14+,21-19-,28-25-,33-30+. The Kier molecular flexibility index (Phi) is 40.8. The minimum Gasteiger partial charge on any atom is -0.462 e. The summed E-state index contributed by atoms with van der Waals surface area (Å²) >= 11 is 0. The minimum atomic E-state index is -0.798. The fraction of sp³-hybridized carbons (Fsp3) is 0.755. The molecule has 0 bridgehead atoms. The summed E-state index contributed by atoms with van der Waals surface area (Å²) in [4.78, 5) is 25.8. The van der Waals surface area contributed by atoms with Crippen LogP contribution in [0, 0.1) is 0 Å². The Balaban J connectivity index is 4.49. The molecule has 6 nitrogen and oxygen atoms in total. The number of ether oxygens (including phenoxy) is 1. The highest BCUT2D eigenvalue weighted by molar-refractivity contribution is 5.77. The summed E-state index contributed by atoms with van der Waals surface area (Å²) in [7, 11) is 0. The average molecular weight is 770 g/mol. The molecule has 55 heavy (non-hydrogen) atoms. The van der Waals surface area contributed by atoms with Crippen molar-refractivity contribution in [2.24, 2.45) is 0 Å². The van der Waals surface area contributed by atoms with Crippen molar-refractivity contribution in [3.05, 3.63) is 60.8 Å². The van der Waals surface area contributed by atoms with Crippen molar-refractivity contribution in [3.63, 3.8) is 0 Å². The zero-order valence-corrected chi connectivity index (χ0v) is 36.0. The van der Waals surface area contributed by atoms with E-state index < -0.39 is 18.2 Å². The van der Waals surface area contributed by atoms with Crippen molar-refractivity contribution in [1.29, 1.82) is 0 Å². The van der Waals surface area contributed by atoms with Crippen LogP contribution in [0.4, 0.5) is 0 Å². The largest absolute Gasteiger partial charge is 0.462 e. The van der Waals surface area contributed by atoms with E-state index >= 15 is 0 Å². The maximum Gasteiger partial charge on any atom is 0.306 e. The number of unbranched alkanes of at least 4 members (excludes halogenated alkanes) is 22. The van der Waals surface area contributed by atoms with E-state index in [0.717, 1.165) is 51.4 Å². The van der Waals surface area contributed by atoms with Crippen LogP contribution < -0.4 is 5.32 Å². The summed E-state index contributed by atoms with van der Waals surface area (Å²) in [6.07, 6.45) is 51.6. The van der Waals surface area contributed by atoms with Crippen molar-refractivity contribution in [3.8, 4) is 0 Å². The predicted octanol–water partition coefficient (Wildman–Crippen LogP) is 13.3. The Labute approximate surface area is 339 Å². The first-order chi connectivity index (χ1) is 27.0. The molecule has 0 heterocycles. The summed E-state index contributed by atoms with van der Waals surface area (Å²) < 4.78 is 5.83. The van der Waals surface area contributed by atoms with Crippen LogP contribution in [0.25, 0.3) is 0 Å². The average Bonchev–Trinajstić information content (AvgIpc) is 3.18. The predicted molar refractivity (Wildman–Crippen MR) is 236 cm³/mol. The second-order valence-corrected chi connectivity index (χ2v) is 15.6. The monoisotopic (exact) mass is 770 g/mol. The number of hydrogen-bond donors (Lipinski definition) is 3. The highest BCUT2D eigenvalue weighted by atomic mass is 16.5. The number of amides is 1. The van der Waals surface area contributed by atoms with Crippen LogP contribution in [0.2, 0.25) is 0 Å². The van der Waals surface area contributed by atoms with Crippen LogP contribution >= 0.6 is 0 Å². The molecule has 3 N–H and O–H groups in total. The highest BCUT2D eigenvalue weighted by Crippen LogP contribution is 2.17. The SMILES string of the molecule is CC/C=C/C=C/C=C\C=C/C=C/CCCC(=O)OC(CCCCCCCCC)CC(=O)NC(CO)C(O)CCCCCCCCCCCCCCCCCC. The van der Waals surface area contributed by atoms with Crippen LogP contribution in [0.5, 0.6) is 0 Å². The van der Waals surface area contributed by atoms with Crippen LogP contribution in [-0.4, -0.2) is 46.9 Å². The fourth-order valence-corrected chi connectivity index (χ4v) is 6.75. The lowest BCUT2D eigenvalue weighted by Crippen LogP contribution is -2.46. The summed E-state index contributed by atoms with van der Waals surface area (Å²) in [6.45, 7) is 6.28. The maximum absolute atomic E-state index is 13.1. The Morgan fingerprint density at radius 1 is 0.545 bits per heavy atom. The molecule has 0 aromatic heterocycles. The fourth-order valence-electron chi connectivity index (χ4n) is 6.75. The molecular weight excluding hydrogens is 683 g/mol. The van der Waals surface area contributed by atoms with E-state index in [0.29, 0.717) is 25.7 Å². The molecule has 0 aliphatic carbocycles. The zero-order chi connectivity index (χ0) is 40.3. The second kappa shape index (κ2) is 42.7. The molecular formula is C49H87NO5. The number of carbonyl (C=O) groups excluding carboxylic acids is 2. The normalized spacial score (nSPS) is 13.9. The Hall–Kier alpha value is -2.44. The number of carbonyl (C=O) groups is 2. The van der Waals surface area contributed by atoms with E-state index in [-0.39, 0.29) is 24.9 Å². The lowest BCUT2D eigenvalue weighted by Gasteiger charge is -2.24. The number of aliphatic hydroxyl groups is 2. The van der Waals surface area contributed by atoms with Crippen LogP contribution in [0.15, 0.2) is 60.8 Å². The smallest absolute Gasteiger partial charge is 0.306 e. The number of rotatable bonds is 40. The van der Waals surface area contributed by atoms with Gasteiger partial charge in [-0.1, -0.05) is 223 Å². The number of aliphatic hydroxyl groups excluding tert-OH is 2. The third-order valence-corrected chi connectivity index (χ3v) is 10.2. The van der Waals surface area contributed by atoms with Gasteiger partial charge in [-0.25, -0.2) is 0 Å². The van der Waals surface area contributed by atoms with Gasteiger partial charge in [0.1, 0.15) is 6.10 Å². The molecule has 3 atom stereocenters. The Bertz CT molecular complexity index is 999. The molecule has 1 amide bonds. The molecule has 0 aromatic carbocycles. The van der Waals surface area contributed by atoms with Gasteiger partial charge in [0.25, 0.3) is 0 Å². The number of nitrogens with one attached hydrogen (secondary N) is 1. The van der Waals surface area contributed by atoms with E-state index in [9.17, 15) is 19.8 Å². The molecule has 0 radical (unpaired) electrons. The van der Waals surface area contributed by atoms with Gasteiger partial charge in [0.2, 0.25) is 5.91 Å². The molecule has 0 rings (SSSR count). The quantitative estimate of drug-likeness (QED) is 0.0328. The van der Waals surface area contributed by atoms with Gasteiger partial charge in [0.05, 0.1) is 25.2 Å². The molecule has 0 spiro atoms. The summed E-state index contributed by atoms with van der Waals surface area (Å²) in [5.41, 5.74) is 0. The Morgan fingerprint density at radius 3 is 1.42 bits per heavy atom. The number of allylic oxidation sites excluding steroid dienone is 10. The molecule has 318 valence electrons. The highest BCUT2D eigenvalue weighted by Gasteiger charge is 2.24. The summed E-state index contributed by atoms with van der Waals surface area (Å²) in [6, 6.07) is -0.713. The second-order valence-electron chi connectivity index (χ2n) is 15.6. The lowest BCUT2D eigenvalue weighted by molar-refractivity contribution is -0.151. The third-order valence-electron chi connectivity index (χ3n) is 10.2. The molecule has 0 saturated heterocycles. The number of esters is 1. The van der Waals surface area contributed by atoms with Crippen molar-refractivity contribution in [2.45, 2.75) is 232 Å². The van der Waals surface area contributed by atoms with Gasteiger partial charge in [-0.05, 0) is 38.5 Å². The summed E-state index contributed by atoms with van der Waals surface area (Å²) in [5.74, 6) is -0.568. The van der Waals surface area contributed by atoms with Crippen molar-refractivity contribution in [1.82, 2.24) is 5.32 Å². The van der Waals surface area contributed by atoms with Crippen molar-refractivity contribution >= 4 is 11.9 Å². The molecule has 6 heteroatoms. The molecule has 0 saturated carbocycles. The topological polar surface area (TPSA) is 95.9 Å². The third kappa shape index (κ3) is 38.2. The first-order valence-electron chi connectivity index (χ1n) is 23.1. The van der Waals surface area contributed by atoms with Gasteiger partial charge >= 0.3 is 5.97 Å². The maximum atomic E-state index is 13.1. The van der Waals surface area contributed by atoms with Gasteiger partial charge in [-0.3, -0.25) is 9.59 Å². The van der Waals surface area contributed by atoms with Crippen LogP contribution in [0.1, 0.15) is 213 Å². The van der Waals surface area contributed by atoms with E-state index in [1.54, 1.807) is 0 Å². The Morgan fingerprint density at radius 2 is 0.964 bits per heavy atom. The zero-order valence-electron chi connectivity index (χ0n) is 36.0. The van der Waals surface area contributed by atoms with E-state index in [2.05, 4.69) is 32.2 Å². The van der Waals surface area contributed by atoms with Gasteiger partial charge in [0.15, 0.2) is 0 Å². The molecule has 0 aliphatic rings. The molecule has 0 fully saturated rings. The minimum absolute atomic E-state index is 0.0478. The van der Waals surface area contributed by atoms with E-state index in [4.69, 9.17) is 4.74 Å². The van der Waals surface area contributed by atoms with E-state index in [1.807, 2.05) is 54.7 Å². The van der Waals surface area contributed by atoms with Crippen LogP contribution in [0.3, 0.4) is 0 Å². The van der Waals surface area contributed by atoms with Crippen molar-refractivity contribution in [2.75, 3.05) is 6.61 Å². The van der Waals surface area contributed by atoms with Gasteiger partial charge in [-0.2, -0.15) is 0 Å². The summed E-state index contributed by atoms with van der Waals surface area (Å²) in [5, 5.41) is 23.6. The van der Waals surface area contributed by atoms with Crippen LogP contribution in [-0.2, 0) is 14.3 Å². The van der Waals surface area contributed by atoms with Gasteiger partial charge < -0.3 is 20.3 Å². The lowest BCUT2D eigenvalue weighted by atomic mass is 10.0.